The summed E-state index contributed by atoms with van der Waals surface area (Å²) in [5, 5.41) is 10.3. The van der Waals surface area contributed by atoms with Gasteiger partial charge in [-0.25, -0.2) is 32.3 Å². The number of carbonyl (C=O) groups is 3. The lowest BCUT2D eigenvalue weighted by molar-refractivity contribution is -0.135. The van der Waals surface area contributed by atoms with Crippen molar-refractivity contribution in [2.75, 3.05) is 25.5 Å². The maximum Gasteiger partial charge on any atom is 0.329 e. The van der Waals surface area contributed by atoms with Gasteiger partial charge in [0.15, 0.2) is 0 Å². The molecular formula is C38H41F4N9O4. The third-order valence-electron chi connectivity index (χ3n) is 10.6. The highest BCUT2D eigenvalue weighted by atomic mass is 19.3. The van der Waals surface area contributed by atoms with Crippen molar-refractivity contribution >= 4 is 45.5 Å². The Bertz CT molecular complexity index is 2310. The van der Waals surface area contributed by atoms with Gasteiger partial charge in [-0.2, -0.15) is 5.10 Å². The Morgan fingerprint density at radius 1 is 1.00 bits per heavy atom. The molecule has 290 valence electrons. The lowest BCUT2D eigenvalue weighted by Gasteiger charge is -2.37. The van der Waals surface area contributed by atoms with Gasteiger partial charge in [-0.3, -0.25) is 33.5 Å². The first-order chi connectivity index (χ1) is 26.3. The molecule has 2 unspecified atom stereocenters. The zero-order valence-corrected chi connectivity index (χ0v) is 30.4. The highest BCUT2D eigenvalue weighted by molar-refractivity contribution is 6.03. The van der Waals surface area contributed by atoms with E-state index in [1.165, 1.54) is 53.6 Å². The third-order valence-corrected chi connectivity index (χ3v) is 10.6. The van der Waals surface area contributed by atoms with Crippen molar-refractivity contribution in [3.63, 3.8) is 0 Å². The summed E-state index contributed by atoms with van der Waals surface area (Å²) >= 11 is 0. The van der Waals surface area contributed by atoms with Crippen LogP contribution >= 0.6 is 0 Å². The monoisotopic (exact) mass is 763 g/mol. The summed E-state index contributed by atoms with van der Waals surface area (Å²) in [7, 11) is 3.20. The predicted molar refractivity (Wildman–Crippen MR) is 195 cm³/mol. The Morgan fingerprint density at radius 2 is 1.76 bits per heavy atom. The molecule has 1 aliphatic carbocycles. The Balaban J connectivity index is 0.000000169. The zero-order chi connectivity index (χ0) is 39.0. The number of rotatable bonds is 6. The number of pyridine rings is 2. The quantitative estimate of drug-likeness (QED) is 0.161. The Hall–Kier alpha value is -5.45. The topological polar surface area (TPSA) is 149 Å². The summed E-state index contributed by atoms with van der Waals surface area (Å²) in [6.07, 6.45) is 7.41. The number of imide groups is 1. The minimum Gasteiger partial charge on any atom is -0.305 e. The van der Waals surface area contributed by atoms with Crippen molar-refractivity contribution in [1.29, 1.82) is 0 Å². The molecule has 55 heavy (non-hydrogen) atoms. The van der Waals surface area contributed by atoms with Crippen molar-refractivity contribution in [2.45, 2.75) is 81.7 Å². The molecule has 17 heteroatoms. The Labute approximate surface area is 312 Å². The summed E-state index contributed by atoms with van der Waals surface area (Å²) in [5.74, 6) is -5.09. The van der Waals surface area contributed by atoms with Gasteiger partial charge in [0, 0.05) is 25.1 Å². The van der Waals surface area contributed by atoms with Crippen molar-refractivity contribution in [3.8, 4) is 0 Å². The SMILES string of the molecule is CN1CCC(c2cccc3c2n(C)c(=O)n3C2CCC(=O)NC2=O)C(F)(F)C1.O=C(Nc1cc2cn(C3CCCCC3)nc2cn1)c1cccc(C(F)F)n1. The van der Waals surface area contributed by atoms with Gasteiger partial charge in [-0.1, -0.05) is 37.5 Å². The number of aryl methyl sites for hydroxylation is 1. The second kappa shape index (κ2) is 15.4. The number of benzene rings is 1. The van der Waals surface area contributed by atoms with E-state index in [9.17, 15) is 36.7 Å². The van der Waals surface area contributed by atoms with E-state index >= 15 is 0 Å². The van der Waals surface area contributed by atoms with E-state index in [1.807, 2.05) is 10.9 Å². The molecule has 5 aromatic rings. The second-order valence-electron chi connectivity index (χ2n) is 14.5. The molecule has 2 saturated heterocycles. The predicted octanol–water partition coefficient (Wildman–Crippen LogP) is 5.89. The Kier molecular flexibility index (Phi) is 10.6. The maximum absolute atomic E-state index is 14.8. The summed E-state index contributed by atoms with van der Waals surface area (Å²) in [6.45, 7) is 0.203. The Morgan fingerprint density at radius 3 is 2.49 bits per heavy atom. The van der Waals surface area contributed by atoms with E-state index in [0.29, 0.717) is 35.0 Å². The summed E-state index contributed by atoms with van der Waals surface area (Å²) in [5.41, 5.74) is 1.08. The number of anilines is 1. The van der Waals surface area contributed by atoms with E-state index in [0.717, 1.165) is 23.7 Å². The van der Waals surface area contributed by atoms with Crippen LogP contribution in [0, 0.1) is 0 Å². The molecule has 0 spiro atoms. The van der Waals surface area contributed by atoms with Gasteiger partial charge in [-0.05, 0) is 69.1 Å². The van der Waals surface area contributed by atoms with Gasteiger partial charge < -0.3 is 10.2 Å². The van der Waals surface area contributed by atoms with Gasteiger partial charge in [0.25, 0.3) is 18.3 Å². The first kappa shape index (κ1) is 37.8. The van der Waals surface area contributed by atoms with Crippen LogP contribution < -0.4 is 16.3 Å². The molecule has 8 rings (SSSR count). The van der Waals surface area contributed by atoms with Gasteiger partial charge in [0.05, 0.1) is 35.7 Å². The van der Waals surface area contributed by atoms with Crippen LogP contribution in [0.25, 0.3) is 21.9 Å². The van der Waals surface area contributed by atoms with Crippen LogP contribution in [0.15, 0.2) is 59.7 Å². The molecule has 1 saturated carbocycles. The van der Waals surface area contributed by atoms with Crippen LogP contribution in [0.1, 0.15) is 97.5 Å². The second-order valence-corrected chi connectivity index (χ2v) is 14.5. The van der Waals surface area contributed by atoms with Crippen molar-refractivity contribution in [2.24, 2.45) is 7.05 Å². The number of nitrogens with zero attached hydrogens (tertiary/aromatic N) is 7. The molecule has 1 aromatic carbocycles. The first-order valence-corrected chi connectivity index (χ1v) is 18.3. The van der Waals surface area contributed by atoms with E-state index in [-0.39, 0.29) is 37.4 Å². The number of likely N-dealkylation sites (tertiary alicyclic amines) is 1. The number of alkyl halides is 4. The van der Waals surface area contributed by atoms with Crippen LogP contribution in [0.4, 0.5) is 23.4 Å². The number of aromatic nitrogens is 6. The third kappa shape index (κ3) is 7.74. The molecular weight excluding hydrogens is 722 g/mol. The lowest BCUT2D eigenvalue weighted by Crippen LogP contribution is -2.45. The van der Waals surface area contributed by atoms with Crippen molar-refractivity contribution in [3.05, 3.63) is 82.3 Å². The van der Waals surface area contributed by atoms with E-state index in [4.69, 9.17) is 0 Å². The summed E-state index contributed by atoms with van der Waals surface area (Å²) < 4.78 is 59.7. The van der Waals surface area contributed by atoms with Crippen LogP contribution in [-0.4, -0.2) is 77.6 Å². The number of imidazole rings is 1. The molecule has 2 N–H and O–H groups in total. The number of amides is 3. The number of para-hydroxylation sites is 1. The number of hydrogen-bond donors (Lipinski definition) is 2. The number of fused-ring (bicyclic) bond motifs is 2. The number of carbonyl (C=O) groups excluding carboxylic acids is 3. The largest absolute Gasteiger partial charge is 0.329 e. The molecule has 2 aliphatic heterocycles. The number of halogens is 4. The fourth-order valence-electron chi connectivity index (χ4n) is 7.90. The van der Waals surface area contributed by atoms with Crippen LogP contribution in [0.5, 0.6) is 0 Å². The summed E-state index contributed by atoms with van der Waals surface area (Å²) in [6, 6.07) is 10.2. The maximum atomic E-state index is 14.8. The average molecular weight is 764 g/mol. The smallest absolute Gasteiger partial charge is 0.305 e. The van der Waals surface area contributed by atoms with Gasteiger partial charge in [-0.15, -0.1) is 0 Å². The summed E-state index contributed by atoms with van der Waals surface area (Å²) in [4.78, 5) is 58.5. The number of hydrogen-bond acceptors (Lipinski definition) is 8. The van der Waals surface area contributed by atoms with Gasteiger partial charge >= 0.3 is 5.69 Å². The molecule has 3 fully saturated rings. The van der Waals surface area contributed by atoms with E-state index in [1.54, 1.807) is 42.4 Å². The standard InChI is InChI=1S/C19H19F2N5O.C19H22F2N4O3/c20-18(21)14-7-4-8-15(23-14)19(27)24-17-9-12-11-26(25-16(12)10-22-17)13-5-2-1-3-6-13;1-23-9-8-12(19(20,21)10-23)11-4-3-5-13-16(11)24(2)18(28)25(13)14-6-7-15(26)22-17(14)27/h4,7-11,13,18H,1-3,5-6H2,(H,24,27);3-5,12,14H,6-10H2,1-2H3,(H,22,26,27). The number of piperidine rings is 2. The fourth-order valence-corrected chi connectivity index (χ4v) is 7.90. The molecule has 3 aliphatic rings. The molecule has 13 nitrogen and oxygen atoms in total. The minimum absolute atomic E-state index is 0.0763. The van der Waals surface area contributed by atoms with Crippen molar-refractivity contribution < 1.29 is 31.9 Å². The normalized spacial score (nSPS) is 20.7. The fraction of sp³-hybridized carbons (Fsp3) is 0.447. The van der Waals surface area contributed by atoms with Crippen molar-refractivity contribution in [1.82, 2.24) is 39.1 Å². The molecule has 3 amide bonds. The highest BCUT2D eigenvalue weighted by Crippen LogP contribution is 2.42. The zero-order valence-electron chi connectivity index (χ0n) is 30.4. The molecule has 6 heterocycles. The molecule has 0 bridgehead atoms. The molecule has 2 atom stereocenters. The van der Waals surface area contributed by atoms with Gasteiger partial charge in [0.1, 0.15) is 28.8 Å². The number of nitrogens with one attached hydrogen (secondary N) is 2. The highest BCUT2D eigenvalue weighted by Gasteiger charge is 2.45. The first-order valence-electron chi connectivity index (χ1n) is 18.3. The van der Waals surface area contributed by atoms with Crippen LogP contribution in [0.3, 0.4) is 0 Å². The minimum atomic E-state index is -2.92. The lowest BCUT2D eigenvalue weighted by atomic mass is 9.85. The molecule has 4 aromatic heterocycles. The van der Waals surface area contributed by atoms with Gasteiger partial charge in [0.2, 0.25) is 11.8 Å². The molecule has 0 radical (unpaired) electrons. The van der Waals surface area contributed by atoms with Crippen LogP contribution in [-0.2, 0) is 16.6 Å². The average Bonchev–Trinajstić information content (AvgIpc) is 3.70. The van der Waals surface area contributed by atoms with E-state index < -0.39 is 47.5 Å². The van der Waals surface area contributed by atoms with Crippen LogP contribution in [0.2, 0.25) is 0 Å². The van der Waals surface area contributed by atoms with E-state index in [2.05, 4.69) is 25.7 Å².